The molecule has 0 aromatic heterocycles. The van der Waals surface area contributed by atoms with Gasteiger partial charge >= 0.3 is 5.97 Å². The number of allylic oxidation sites excluding steroid dienone is 2. The molecule has 0 aromatic carbocycles. The lowest BCUT2D eigenvalue weighted by atomic mass is 9.47. The first kappa shape index (κ1) is 19.8. The van der Waals surface area contributed by atoms with Crippen molar-refractivity contribution >= 4 is 5.97 Å². The molecule has 0 bridgehead atoms. The van der Waals surface area contributed by atoms with Gasteiger partial charge in [0.25, 0.3) is 0 Å². The summed E-state index contributed by atoms with van der Waals surface area (Å²) in [6.07, 6.45) is 13.0. The summed E-state index contributed by atoms with van der Waals surface area (Å²) in [5, 5.41) is 0. The fourth-order valence-corrected chi connectivity index (χ4v) is 7.90. The quantitative estimate of drug-likeness (QED) is 0.473. The molecule has 0 unspecified atom stereocenters. The van der Waals surface area contributed by atoms with E-state index in [0.717, 1.165) is 37.5 Å². The van der Waals surface area contributed by atoms with Gasteiger partial charge in [-0.1, -0.05) is 31.6 Å². The molecule has 1 saturated heterocycles. The highest BCUT2D eigenvalue weighted by Gasteiger charge is 2.59. The molecule has 160 valence electrons. The van der Waals surface area contributed by atoms with Crippen molar-refractivity contribution in [1.29, 1.82) is 0 Å². The Balaban J connectivity index is 1.39. The topological polar surface area (TPSA) is 44.8 Å². The fraction of sp³-hybridized carbons (Fsp3) is 0.800. The first-order valence-corrected chi connectivity index (χ1v) is 11.6. The molecule has 1 aliphatic heterocycles. The van der Waals surface area contributed by atoms with Crippen LogP contribution in [0.4, 0.5) is 0 Å². The van der Waals surface area contributed by atoms with Crippen molar-refractivity contribution in [3.05, 3.63) is 23.3 Å². The Labute approximate surface area is 175 Å². The lowest BCUT2D eigenvalue weighted by Crippen LogP contribution is -2.51. The Hall–Kier alpha value is -1.13. The van der Waals surface area contributed by atoms with Crippen molar-refractivity contribution in [2.45, 2.75) is 84.5 Å². The summed E-state index contributed by atoms with van der Waals surface area (Å²) in [5.74, 6) is 1.49. The second-order valence-corrected chi connectivity index (χ2v) is 10.7. The molecule has 0 amide bonds. The molecule has 4 aliphatic carbocycles. The van der Waals surface area contributed by atoms with Crippen LogP contribution in [0.5, 0.6) is 0 Å². The van der Waals surface area contributed by atoms with E-state index in [1.54, 1.807) is 5.57 Å². The standard InChI is InChI=1S/C25H36O4/c1-16(26)29-18-9-11-23(2)17(15-18)5-6-19-20-7-8-22(25(4)27-13-14-28-25)24(20,3)12-10-21(19)23/h5,8,18-21H,6-7,9-15H2,1-4H3/t18-,19+,20-,21-,23-,24-/m1/s1. The van der Waals surface area contributed by atoms with Crippen LogP contribution in [0.15, 0.2) is 23.3 Å². The van der Waals surface area contributed by atoms with Crippen molar-refractivity contribution in [1.82, 2.24) is 0 Å². The summed E-state index contributed by atoms with van der Waals surface area (Å²) in [6.45, 7) is 10.0. The largest absolute Gasteiger partial charge is 0.462 e. The molecular formula is C25H36O4. The molecule has 2 saturated carbocycles. The first-order chi connectivity index (χ1) is 13.8. The smallest absolute Gasteiger partial charge is 0.302 e. The van der Waals surface area contributed by atoms with Gasteiger partial charge in [-0.05, 0) is 79.6 Å². The monoisotopic (exact) mass is 400 g/mol. The number of esters is 1. The van der Waals surface area contributed by atoms with E-state index < -0.39 is 5.79 Å². The van der Waals surface area contributed by atoms with Crippen molar-refractivity contribution in [2.24, 2.45) is 28.6 Å². The van der Waals surface area contributed by atoms with Gasteiger partial charge in [0.2, 0.25) is 0 Å². The van der Waals surface area contributed by atoms with E-state index in [4.69, 9.17) is 14.2 Å². The average Bonchev–Trinajstić information content (AvgIpc) is 3.25. The summed E-state index contributed by atoms with van der Waals surface area (Å²) in [7, 11) is 0. The van der Waals surface area contributed by atoms with Crippen LogP contribution in [-0.2, 0) is 19.0 Å². The van der Waals surface area contributed by atoms with Crippen molar-refractivity contribution in [3.63, 3.8) is 0 Å². The molecule has 29 heavy (non-hydrogen) atoms. The Bertz CT molecular complexity index is 761. The third-order valence-corrected chi connectivity index (χ3v) is 9.30. The average molecular weight is 401 g/mol. The van der Waals surface area contributed by atoms with E-state index in [0.29, 0.717) is 19.1 Å². The van der Waals surface area contributed by atoms with Crippen molar-refractivity contribution < 1.29 is 19.0 Å². The predicted molar refractivity (Wildman–Crippen MR) is 111 cm³/mol. The van der Waals surface area contributed by atoms with Gasteiger partial charge in [-0.25, -0.2) is 0 Å². The van der Waals surface area contributed by atoms with Crippen LogP contribution in [-0.4, -0.2) is 31.1 Å². The highest BCUT2D eigenvalue weighted by molar-refractivity contribution is 5.66. The van der Waals surface area contributed by atoms with E-state index in [-0.39, 0.29) is 22.9 Å². The van der Waals surface area contributed by atoms with Crippen LogP contribution in [0.3, 0.4) is 0 Å². The third kappa shape index (κ3) is 2.89. The van der Waals surface area contributed by atoms with E-state index in [2.05, 4.69) is 32.9 Å². The minimum atomic E-state index is -0.516. The molecule has 0 N–H and O–H groups in total. The minimum absolute atomic E-state index is 0.0774. The van der Waals surface area contributed by atoms with Crippen LogP contribution in [0.2, 0.25) is 0 Å². The van der Waals surface area contributed by atoms with Crippen LogP contribution < -0.4 is 0 Å². The summed E-state index contributed by atoms with van der Waals surface area (Å²) in [5.41, 5.74) is 3.43. The van der Waals surface area contributed by atoms with Gasteiger partial charge in [0.1, 0.15) is 6.10 Å². The van der Waals surface area contributed by atoms with Gasteiger partial charge < -0.3 is 14.2 Å². The van der Waals surface area contributed by atoms with Crippen LogP contribution in [0.25, 0.3) is 0 Å². The summed E-state index contributed by atoms with van der Waals surface area (Å²) in [6, 6.07) is 0. The van der Waals surface area contributed by atoms with Gasteiger partial charge in [-0.3, -0.25) is 4.79 Å². The SMILES string of the molecule is CC(=O)O[C@@H]1CC[C@]2(C)C(=CC[C@H]3[C@H]4CC=C(C5(C)OCCO5)[C@]4(C)CC[C@H]32)C1. The zero-order chi connectivity index (χ0) is 20.4. The predicted octanol–water partition coefficient (Wildman–Crippen LogP) is 5.18. The maximum absolute atomic E-state index is 11.4. The normalized spacial score (nSPS) is 45.5. The highest BCUT2D eigenvalue weighted by Crippen LogP contribution is 2.66. The summed E-state index contributed by atoms with van der Waals surface area (Å²) < 4.78 is 17.7. The number of carbonyl (C=O) groups is 1. The van der Waals surface area contributed by atoms with Gasteiger partial charge in [0.15, 0.2) is 5.79 Å². The molecule has 0 spiro atoms. The lowest BCUT2D eigenvalue weighted by Gasteiger charge is -2.58. The maximum atomic E-state index is 11.4. The lowest BCUT2D eigenvalue weighted by molar-refractivity contribution is -0.149. The van der Waals surface area contributed by atoms with Gasteiger partial charge in [0.05, 0.1) is 13.2 Å². The molecule has 0 radical (unpaired) electrons. The number of hydrogen-bond acceptors (Lipinski definition) is 4. The van der Waals surface area contributed by atoms with E-state index in [1.165, 1.54) is 31.8 Å². The van der Waals surface area contributed by atoms with Crippen molar-refractivity contribution in [2.75, 3.05) is 13.2 Å². The van der Waals surface area contributed by atoms with Crippen LogP contribution >= 0.6 is 0 Å². The van der Waals surface area contributed by atoms with Gasteiger partial charge in [-0.2, -0.15) is 0 Å². The molecule has 5 aliphatic rings. The molecular weight excluding hydrogens is 364 g/mol. The Morgan fingerprint density at radius 3 is 2.45 bits per heavy atom. The molecule has 6 atom stereocenters. The third-order valence-electron chi connectivity index (χ3n) is 9.30. The van der Waals surface area contributed by atoms with Crippen LogP contribution in [0.1, 0.15) is 72.6 Å². The van der Waals surface area contributed by atoms with Crippen molar-refractivity contribution in [3.8, 4) is 0 Å². The Kier molecular flexibility index (Phi) is 4.57. The van der Waals surface area contributed by atoms with E-state index >= 15 is 0 Å². The Morgan fingerprint density at radius 1 is 1.00 bits per heavy atom. The molecule has 4 heteroatoms. The maximum Gasteiger partial charge on any atom is 0.302 e. The summed E-state index contributed by atoms with van der Waals surface area (Å²) in [4.78, 5) is 11.4. The van der Waals surface area contributed by atoms with Crippen LogP contribution in [0, 0.1) is 28.6 Å². The molecule has 4 nitrogen and oxygen atoms in total. The zero-order valence-electron chi connectivity index (χ0n) is 18.5. The molecule has 1 heterocycles. The zero-order valence-corrected chi connectivity index (χ0v) is 18.5. The number of hydrogen-bond donors (Lipinski definition) is 0. The highest BCUT2D eigenvalue weighted by atomic mass is 16.7. The number of carbonyl (C=O) groups excluding carboxylic acids is 1. The summed E-state index contributed by atoms with van der Waals surface area (Å²) >= 11 is 0. The van der Waals surface area contributed by atoms with E-state index in [9.17, 15) is 4.79 Å². The second-order valence-electron chi connectivity index (χ2n) is 10.7. The number of ether oxygens (including phenoxy) is 3. The first-order valence-electron chi connectivity index (χ1n) is 11.6. The fourth-order valence-electron chi connectivity index (χ4n) is 7.90. The van der Waals surface area contributed by atoms with Gasteiger partial charge in [-0.15, -0.1) is 0 Å². The van der Waals surface area contributed by atoms with Gasteiger partial charge in [0, 0.05) is 13.3 Å². The number of fused-ring (bicyclic) bond motifs is 5. The Morgan fingerprint density at radius 2 is 1.72 bits per heavy atom. The second kappa shape index (κ2) is 6.68. The number of rotatable bonds is 2. The molecule has 3 fully saturated rings. The van der Waals surface area contributed by atoms with E-state index in [1.807, 2.05) is 0 Å². The molecule has 5 rings (SSSR count). The molecule has 0 aromatic rings. The minimum Gasteiger partial charge on any atom is -0.462 e.